The Morgan fingerprint density at radius 3 is 2.23 bits per heavy atom. The lowest BCUT2D eigenvalue weighted by Crippen LogP contribution is -2.42. The first-order chi connectivity index (χ1) is 22.6. The van der Waals surface area contributed by atoms with Gasteiger partial charge < -0.3 is 29.3 Å². The van der Waals surface area contributed by atoms with Crippen molar-refractivity contribution < 1.29 is 55.0 Å². The molecule has 0 aliphatic carbocycles. The van der Waals surface area contributed by atoms with E-state index in [1.54, 1.807) is 19.1 Å². The summed E-state index contributed by atoms with van der Waals surface area (Å²) >= 11 is 6.07. The van der Waals surface area contributed by atoms with Crippen molar-refractivity contribution in [3.63, 3.8) is 0 Å². The zero-order chi connectivity index (χ0) is 35.4. The van der Waals surface area contributed by atoms with Crippen LogP contribution in [-0.4, -0.2) is 64.0 Å². The number of benzene rings is 2. The average Bonchev–Trinajstić information content (AvgIpc) is 3.54. The first kappa shape index (κ1) is 38.1. The number of Topliss-reactive ketones (excluding diaryl/α,β-unsaturated/α-hetero) is 1. The van der Waals surface area contributed by atoms with Crippen molar-refractivity contribution in [3.8, 4) is 0 Å². The average molecular weight is 714 g/mol. The highest BCUT2D eigenvalue weighted by Gasteiger charge is 2.23. The van der Waals surface area contributed by atoms with Crippen LogP contribution in [0.15, 0.2) is 58.0 Å². The van der Waals surface area contributed by atoms with Crippen molar-refractivity contribution in [2.75, 3.05) is 25.1 Å². The summed E-state index contributed by atoms with van der Waals surface area (Å²) in [6.07, 6.45) is 0.982. The van der Waals surface area contributed by atoms with Crippen LogP contribution in [-0.2, 0) is 40.4 Å². The zero-order valence-corrected chi connectivity index (χ0v) is 27.5. The lowest BCUT2D eigenvalue weighted by Gasteiger charge is -2.19. The predicted octanol–water partition coefficient (Wildman–Crippen LogP) is 4.13. The second-order valence-corrected chi connectivity index (χ2v) is 12.4. The number of carbonyl (C=O) groups excluding carboxylic acids is 4. The van der Waals surface area contributed by atoms with Gasteiger partial charge >= 0.3 is 17.9 Å². The van der Waals surface area contributed by atoms with Gasteiger partial charge in [0.15, 0.2) is 5.78 Å². The van der Waals surface area contributed by atoms with E-state index in [1.165, 1.54) is 19.3 Å². The van der Waals surface area contributed by atoms with Gasteiger partial charge in [-0.3, -0.25) is 14.4 Å². The minimum Gasteiger partial charge on any atom is -0.467 e. The van der Waals surface area contributed by atoms with Crippen molar-refractivity contribution in [2.45, 2.75) is 56.6 Å². The van der Waals surface area contributed by atoms with Gasteiger partial charge in [0.25, 0.3) is 0 Å². The molecule has 260 valence electrons. The van der Waals surface area contributed by atoms with Gasteiger partial charge in [-0.05, 0) is 50.2 Å². The van der Waals surface area contributed by atoms with Crippen LogP contribution < -0.4 is 15.8 Å². The normalized spacial score (nSPS) is 12.5. The van der Waals surface area contributed by atoms with E-state index in [4.69, 9.17) is 35.4 Å². The minimum absolute atomic E-state index is 0.0923. The molecule has 0 radical (unpaired) electrons. The maximum Gasteiger partial charge on any atom is 0.340 e. The predicted molar refractivity (Wildman–Crippen MR) is 168 cm³/mol. The molecule has 13 nitrogen and oxygen atoms in total. The number of hydrogen-bond acceptors (Lipinski definition) is 12. The minimum atomic E-state index is -4.26. The standard InChI is InChI=1S/C31H34ClF2N3O10S/c1-18(37-19(2)30(40)20-11-21(33)13-22(34)12-20)17-47-29(39)7-6-28(38)45-9-4-10-46-31(41)24-14-27(48(35,42)43)25(32)15-26(24)36-16-23-5-3-8-44-23/h3,5,8,11-15,18-19,36-37H,4,6-7,9-10,16-17H2,1-2H3,(H2,35,42,43). The smallest absolute Gasteiger partial charge is 0.340 e. The summed E-state index contributed by atoms with van der Waals surface area (Å²) in [5, 5.41) is 10.8. The Kier molecular flexibility index (Phi) is 14.0. The highest BCUT2D eigenvalue weighted by atomic mass is 35.5. The SMILES string of the molecule is CC(COC(=O)CCC(=O)OCCCOC(=O)c1cc(S(N)(=O)=O)c(Cl)cc1NCc1ccco1)NC(C)C(=O)c1cc(F)cc(F)c1. The topological polar surface area (TPSA) is 193 Å². The van der Waals surface area contributed by atoms with Crippen LogP contribution in [0.1, 0.15) is 59.6 Å². The third-order valence-electron chi connectivity index (χ3n) is 6.52. The van der Waals surface area contributed by atoms with Crippen LogP contribution in [0.3, 0.4) is 0 Å². The van der Waals surface area contributed by atoms with Crippen LogP contribution in [0.25, 0.3) is 0 Å². The third kappa shape index (κ3) is 12.0. The molecule has 4 N–H and O–H groups in total. The summed E-state index contributed by atoms with van der Waals surface area (Å²) in [5.74, 6) is -4.06. The summed E-state index contributed by atoms with van der Waals surface area (Å²) in [7, 11) is -4.26. The molecule has 0 aliphatic heterocycles. The number of rotatable bonds is 18. The largest absolute Gasteiger partial charge is 0.467 e. The van der Waals surface area contributed by atoms with Gasteiger partial charge in [-0.1, -0.05) is 11.6 Å². The Morgan fingerprint density at radius 2 is 1.60 bits per heavy atom. The lowest BCUT2D eigenvalue weighted by molar-refractivity contribution is -0.150. The molecule has 0 spiro atoms. The number of nitrogens with two attached hydrogens (primary N) is 1. The van der Waals surface area contributed by atoms with Gasteiger partial charge in [0.1, 0.15) is 28.9 Å². The Labute approximate surface area is 280 Å². The molecule has 0 aliphatic rings. The van der Waals surface area contributed by atoms with Gasteiger partial charge in [0.05, 0.1) is 61.2 Å². The second-order valence-electron chi connectivity index (χ2n) is 10.5. The number of ketones is 1. The van der Waals surface area contributed by atoms with Crippen molar-refractivity contribution >= 4 is 51.0 Å². The number of anilines is 1. The Bertz CT molecular complexity index is 1700. The molecule has 0 saturated heterocycles. The van der Waals surface area contributed by atoms with Crippen LogP contribution in [0.5, 0.6) is 0 Å². The van der Waals surface area contributed by atoms with E-state index in [1.807, 2.05) is 0 Å². The molecule has 0 bridgehead atoms. The maximum atomic E-state index is 13.4. The van der Waals surface area contributed by atoms with Gasteiger partial charge in [0, 0.05) is 24.1 Å². The summed E-state index contributed by atoms with van der Waals surface area (Å²) in [6.45, 7) is 2.81. The molecule has 48 heavy (non-hydrogen) atoms. The fourth-order valence-electron chi connectivity index (χ4n) is 4.23. The Balaban J connectivity index is 1.37. The fourth-order valence-corrected chi connectivity index (χ4v) is 5.33. The molecule has 1 aromatic heterocycles. The highest BCUT2D eigenvalue weighted by molar-refractivity contribution is 7.89. The van der Waals surface area contributed by atoms with Gasteiger partial charge in [0.2, 0.25) is 10.0 Å². The maximum absolute atomic E-state index is 13.4. The number of hydrogen-bond donors (Lipinski definition) is 3. The molecular weight excluding hydrogens is 680 g/mol. The summed E-state index contributed by atoms with van der Waals surface area (Å²) in [4.78, 5) is 48.9. The van der Waals surface area contributed by atoms with Crippen molar-refractivity contribution in [3.05, 3.63) is 82.3 Å². The van der Waals surface area contributed by atoms with Crippen LogP contribution in [0.2, 0.25) is 5.02 Å². The number of primary sulfonamides is 1. The Hall–Kier alpha value is -4.38. The van der Waals surface area contributed by atoms with Gasteiger partial charge in [-0.25, -0.2) is 27.1 Å². The monoisotopic (exact) mass is 713 g/mol. The zero-order valence-electron chi connectivity index (χ0n) is 25.9. The molecule has 2 aromatic carbocycles. The number of furan rings is 1. The van der Waals surface area contributed by atoms with E-state index in [9.17, 15) is 36.4 Å². The number of ether oxygens (including phenoxy) is 3. The number of halogens is 3. The van der Waals surface area contributed by atoms with Gasteiger partial charge in [-0.2, -0.15) is 0 Å². The summed E-state index contributed by atoms with van der Waals surface area (Å²) < 4.78 is 71.3. The second kappa shape index (κ2) is 17.7. The van der Waals surface area contributed by atoms with Crippen molar-refractivity contribution in [1.29, 1.82) is 0 Å². The van der Waals surface area contributed by atoms with Gasteiger partial charge in [-0.15, -0.1) is 0 Å². The first-order valence-electron chi connectivity index (χ1n) is 14.5. The van der Waals surface area contributed by atoms with Crippen molar-refractivity contribution in [1.82, 2.24) is 5.32 Å². The molecular formula is C31H34ClF2N3O10S. The molecule has 0 fully saturated rings. The number of sulfonamides is 1. The summed E-state index contributed by atoms with van der Waals surface area (Å²) in [6, 6.07) is 6.76. The van der Waals surface area contributed by atoms with E-state index in [0.29, 0.717) is 11.8 Å². The fraction of sp³-hybridized carbons (Fsp3) is 0.355. The Morgan fingerprint density at radius 1 is 0.958 bits per heavy atom. The van der Waals surface area contributed by atoms with E-state index in [2.05, 4.69) is 10.6 Å². The third-order valence-corrected chi connectivity index (χ3v) is 7.89. The molecule has 2 atom stereocenters. The van der Waals surface area contributed by atoms with Crippen LogP contribution in [0.4, 0.5) is 14.5 Å². The van der Waals surface area contributed by atoms with E-state index < -0.39 is 62.3 Å². The molecule has 17 heteroatoms. The van der Waals surface area contributed by atoms with E-state index in [-0.39, 0.29) is 67.5 Å². The van der Waals surface area contributed by atoms with E-state index in [0.717, 1.165) is 18.2 Å². The number of esters is 3. The molecule has 3 aromatic rings. The number of nitrogens with one attached hydrogen (secondary N) is 2. The summed E-state index contributed by atoms with van der Waals surface area (Å²) in [5.41, 5.74) is -0.129. The van der Waals surface area contributed by atoms with Crippen LogP contribution >= 0.6 is 11.6 Å². The van der Waals surface area contributed by atoms with E-state index >= 15 is 0 Å². The first-order valence-corrected chi connectivity index (χ1v) is 16.4. The molecule has 1 heterocycles. The molecule has 2 unspecified atom stereocenters. The van der Waals surface area contributed by atoms with Crippen molar-refractivity contribution in [2.24, 2.45) is 5.14 Å². The lowest BCUT2D eigenvalue weighted by atomic mass is 10.0. The number of carbonyl (C=O) groups is 4. The van der Waals surface area contributed by atoms with Crippen LogP contribution in [0, 0.1) is 11.6 Å². The molecule has 3 rings (SSSR count). The molecule has 0 amide bonds. The molecule has 0 saturated carbocycles. The highest BCUT2D eigenvalue weighted by Crippen LogP contribution is 2.29. The quantitative estimate of drug-likeness (QED) is 0.0740.